The van der Waals surface area contributed by atoms with E-state index in [1.54, 1.807) is 12.1 Å². The van der Waals surface area contributed by atoms with Crippen molar-refractivity contribution in [2.24, 2.45) is 5.92 Å². The standard InChI is InChI=1S/C25H29FN2O2/c26-21-11-7-18(8-12-21)16-24(29)27-22-13-9-19(10-14-22)17-25(30)28-15-3-5-20-4-1-2-6-23(20)28/h7-14,20,23H,1-6,15-17H2,(H,27,29)/t20-,23+/m1/s1. The number of hydrogen-bond acceptors (Lipinski definition) is 2. The minimum absolute atomic E-state index is 0.151. The lowest BCUT2D eigenvalue weighted by molar-refractivity contribution is -0.136. The number of fused-ring (bicyclic) bond motifs is 1. The number of likely N-dealkylation sites (tertiary alicyclic amines) is 1. The van der Waals surface area contributed by atoms with E-state index in [1.165, 1.54) is 37.8 Å². The number of nitrogens with zero attached hydrogens (tertiary/aromatic N) is 1. The van der Waals surface area contributed by atoms with Crippen molar-refractivity contribution in [3.05, 3.63) is 65.5 Å². The van der Waals surface area contributed by atoms with E-state index in [-0.39, 0.29) is 24.1 Å². The van der Waals surface area contributed by atoms with Crippen LogP contribution in [0.5, 0.6) is 0 Å². The van der Waals surface area contributed by atoms with Gasteiger partial charge in [0.05, 0.1) is 12.8 Å². The SMILES string of the molecule is O=C(Cc1ccc(F)cc1)Nc1ccc(CC(=O)N2CCC[C@H]3CCCC[C@@H]32)cc1. The molecule has 0 bridgehead atoms. The van der Waals surface area contributed by atoms with Crippen molar-refractivity contribution in [2.45, 2.75) is 57.4 Å². The maximum absolute atomic E-state index is 13.0. The summed E-state index contributed by atoms with van der Waals surface area (Å²) >= 11 is 0. The first-order chi connectivity index (χ1) is 14.6. The largest absolute Gasteiger partial charge is 0.339 e. The Balaban J connectivity index is 1.31. The van der Waals surface area contributed by atoms with Crippen LogP contribution in [0.1, 0.15) is 49.7 Å². The third-order valence-corrected chi connectivity index (χ3v) is 6.43. The highest BCUT2D eigenvalue weighted by molar-refractivity contribution is 5.92. The first kappa shape index (κ1) is 20.6. The summed E-state index contributed by atoms with van der Waals surface area (Å²) in [7, 11) is 0. The summed E-state index contributed by atoms with van der Waals surface area (Å²) in [5, 5.41) is 2.86. The molecule has 2 aliphatic rings. The Bertz CT molecular complexity index is 877. The quantitative estimate of drug-likeness (QED) is 0.778. The van der Waals surface area contributed by atoms with Gasteiger partial charge in [-0.25, -0.2) is 4.39 Å². The Morgan fingerprint density at radius 1 is 0.867 bits per heavy atom. The van der Waals surface area contributed by atoms with Crippen molar-refractivity contribution in [2.75, 3.05) is 11.9 Å². The molecule has 5 heteroatoms. The fourth-order valence-electron chi connectivity index (χ4n) is 4.91. The van der Waals surface area contributed by atoms with E-state index in [1.807, 2.05) is 24.3 Å². The van der Waals surface area contributed by atoms with Gasteiger partial charge in [0.25, 0.3) is 0 Å². The molecule has 1 aliphatic heterocycles. The Kier molecular flexibility index (Phi) is 6.46. The number of piperidine rings is 1. The molecule has 30 heavy (non-hydrogen) atoms. The normalized spacial score (nSPS) is 21.0. The summed E-state index contributed by atoms with van der Waals surface area (Å²) in [6, 6.07) is 13.9. The summed E-state index contributed by atoms with van der Waals surface area (Å²) < 4.78 is 13.0. The highest BCUT2D eigenvalue weighted by atomic mass is 19.1. The predicted octanol–water partition coefficient (Wildman–Crippen LogP) is 4.73. The van der Waals surface area contributed by atoms with Crippen LogP contribution >= 0.6 is 0 Å². The number of carbonyl (C=O) groups is 2. The molecule has 1 saturated heterocycles. The number of carbonyl (C=O) groups excluding carboxylic acids is 2. The number of rotatable bonds is 5. The Hall–Kier alpha value is -2.69. The molecule has 1 N–H and O–H groups in total. The molecule has 158 valence electrons. The zero-order valence-corrected chi connectivity index (χ0v) is 17.3. The second-order valence-corrected chi connectivity index (χ2v) is 8.57. The fraction of sp³-hybridized carbons (Fsp3) is 0.440. The van der Waals surface area contributed by atoms with Crippen LogP contribution in [-0.2, 0) is 22.4 Å². The van der Waals surface area contributed by atoms with Gasteiger partial charge in [0.15, 0.2) is 0 Å². The smallest absolute Gasteiger partial charge is 0.228 e. The molecule has 0 spiro atoms. The van der Waals surface area contributed by atoms with Crippen molar-refractivity contribution in [1.29, 1.82) is 0 Å². The molecule has 0 radical (unpaired) electrons. The van der Waals surface area contributed by atoms with Gasteiger partial charge in [-0.1, -0.05) is 37.1 Å². The molecule has 2 aromatic rings. The molecule has 2 atom stereocenters. The van der Waals surface area contributed by atoms with Crippen LogP contribution in [0.25, 0.3) is 0 Å². The molecule has 2 fully saturated rings. The summed E-state index contributed by atoms with van der Waals surface area (Å²) in [6.07, 6.45) is 7.93. The van der Waals surface area contributed by atoms with Crippen molar-refractivity contribution in [3.8, 4) is 0 Å². The topological polar surface area (TPSA) is 49.4 Å². The third-order valence-electron chi connectivity index (χ3n) is 6.43. The molecular weight excluding hydrogens is 379 g/mol. The van der Waals surface area contributed by atoms with Crippen LogP contribution in [0, 0.1) is 11.7 Å². The van der Waals surface area contributed by atoms with Crippen molar-refractivity contribution in [1.82, 2.24) is 4.90 Å². The van der Waals surface area contributed by atoms with Gasteiger partial charge in [-0.2, -0.15) is 0 Å². The number of hydrogen-bond donors (Lipinski definition) is 1. The first-order valence-corrected chi connectivity index (χ1v) is 11.0. The average molecular weight is 409 g/mol. The molecule has 4 rings (SSSR count). The lowest BCUT2D eigenvalue weighted by atomic mass is 9.78. The highest BCUT2D eigenvalue weighted by Crippen LogP contribution is 2.35. The van der Waals surface area contributed by atoms with Gasteiger partial charge in [-0.05, 0) is 67.0 Å². The number of amides is 2. The van der Waals surface area contributed by atoms with Gasteiger partial charge >= 0.3 is 0 Å². The van der Waals surface area contributed by atoms with E-state index in [0.29, 0.717) is 24.1 Å². The van der Waals surface area contributed by atoms with Crippen LogP contribution in [0.4, 0.5) is 10.1 Å². The predicted molar refractivity (Wildman–Crippen MR) is 116 cm³/mol. The van der Waals surface area contributed by atoms with Crippen molar-refractivity contribution < 1.29 is 14.0 Å². The van der Waals surface area contributed by atoms with E-state index >= 15 is 0 Å². The number of nitrogens with one attached hydrogen (secondary N) is 1. The molecule has 4 nitrogen and oxygen atoms in total. The molecule has 1 saturated carbocycles. The van der Waals surface area contributed by atoms with Gasteiger partial charge in [0, 0.05) is 18.3 Å². The zero-order valence-electron chi connectivity index (χ0n) is 17.3. The lowest BCUT2D eigenvalue weighted by Crippen LogP contribution is -2.50. The Morgan fingerprint density at radius 3 is 2.27 bits per heavy atom. The second kappa shape index (κ2) is 9.41. The van der Waals surface area contributed by atoms with Crippen LogP contribution in [0.15, 0.2) is 48.5 Å². The maximum atomic E-state index is 13.0. The highest BCUT2D eigenvalue weighted by Gasteiger charge is 2.35. The number of benzene rings is 2. The van der Waals surface area contributed by atoms with Crippen LogP contribution in [-0.4, -0.2) is 29.3 Å². The average Bonchev–Trinajstić information content (AvgIpc) is 2.76. The molecule has 0 unspecified atom stereocenters. The maximum Gasteiger partial charge on any atom is 0.228 e. The Labute approximate surface area is 177 Å². The summed E-state index contributed by atoms with van der Waals surface area (Å²) in [6.45, 7) is 0.886. The monoisotopic (exact) mass is 408 g/mol. The van der Waals surface area contributed by atoms with Crippen LogP contribution < -0.4 is 5.32 Å². The number of anilines is 1. The first-order valence-electron chi connectivity index (χ1n) is 11.0. The molecule has 1 aliphatic carbocycles. The molecule has 2 aromatic carbocycles. The molecular formula is C25H29FN2O2. The van der Waals surface area contributed by atoms with Gasteiger partial charge in [-0.3, -0.25) is 9.59 Å². The van der Waals surface area contributed by atoms with Crippen molar-refractivity contribution >= 4 is 17.5 Å². The van der Waals surface area contributed by atoms with E-state index in [2.05, 4.69) is 10.2 Å². The van der Waals surface area contributed by atoms with Crippen LogP contribution in [0.2, 0.25) is 0 Å². The minimum Gasteiger partial charge on any atom is -0.339 e. The van der Waals surface area contributed by atoms with E-state index in [9.17, 15) is 14.0 Å². The van der Waals surface area contributed by atoms with Crippen LogP contribution in [0.3, 0.4) is 0 Å². The van der Waals surface area contributed by atoms with Gasteiger partial charge in [0.2, 0.25) is 11.8 Å². The van der Waals surface area contributed by atoms with E-state index < -0.39 is 0 Å². The van der Waals surface area contributed by atoms with Crippen molar-refractivity contribution in [3.63, 3.8) is 0 Å². The third kappa shape index (κ3) is 5.07. The molecule has 0 aromatic heterocycles. The van der Waals surface area contributed by atoms with E-state index in [0.717, 1.165) is 30.5 Å². The summed E-state index contributed by atoms with van der Waals surface area (Å²) in [5.41, 5.74) is 2.43. The Morgan fingerprint density at radius 2 is 1.50 bits per heavy atom. The summed E-state index contributed by atoms with van der Waals surface area (Å²) in [5.74, 6) is 0.449. The minimum atomic E-state index is -0.312. The zero-order chi connectivity index (χ0) is 20.9. The van der Waals surface area contributed by atoms with Gasteiger partial charge in [0.1, 0.15) is 5.82 Å². The van der Waals surface area contributed by atoms with Gasteiger partial charge in [-0.15, -0.1) is 0 Å². The van der Waals surface area contributed by atoms with E-state index in [4.69, 9.17) is 0 Å². The fourth-order valence-corrected chi connectivity index (χ4v) is 4.91. The summed E-state index contributed by atoms with van der Waals surface area (Å²) in [4.78, 5) is 27.3. The molecule has 2 amide bonds. The number of halogens is 1. The van der Waals surface area contributed by atoms with Gasteiger partial charge < -0.3 is 10.2 Å². The second-order valence-electron chi connectivity index (χ2n) is 8.57. The lowest BCUT2D eigenvalue weighted by Gasteiger charge is -2.44. The molecule has 1 heterocycles.